The Labute approximate surface area is 122 Å². The maximum atomic E-state index is 12.0. The van der Waals surface area contributed by atoms with Crippen LogP contribution < -0.4 is 5.32 Å². The molecule has 1 amide bonds. The summed E-state index contributed by atoms with van der Waals surface area (Å²) < 4.78 is 1.79. The Kier molecular flexibility index (Phi) is 3.18. The van der Waals surface area contributed by atoms with Gasteiger partial charge in [0.25, 0.3) is 5.91 Å². The largest absolute Gasteiger partial charge is 0.319 e. The van der Waals surface area contributed by atoms with Crippen molar-refractivity contribution < 1.29 is 4.79 Å². The number of anilines is 1. The second-order valence-corrected chi connectivity index (χ2v) is 5.51. The quantitative estimate of drug-likeness (QED) is 0.778. The van der Waals surface area contributed by atoms with Gasteiger partial charge in [-0.3, -0.25) is 9.20 Å². The summed E-state index contributed by atoms with van der Waals surface area (Å²) in [4.78, 5) is 17.0. The minimum Gasteiger partial charge on any atom is -0.319 e. The first kappa shape index (κ1) is 12.5. The standard InChI is InChI=1S/C12H7Cl2N3OS/c13-7-1-2-9(8(14)5-7)15-11(18)10-6-17-3-4-19-12(17)16-10/h1-6H,(H,15,18). The number of thiazole rings is 1. The Morgan fingerprint density at radius 1 is 1.37 bits per heavy atom. The molecule has 1 N–H and O–H groups in total. The summed E-state index contributed by atoms with van der Waals surface area (Å²) in [5.74, 6) is -0.305. The van der Waals surface area contributed by atoms with Gasteiger partial charge < -0.3 is 5.32 Å². The van der Waals surface area contributed by atoms with Crippen LogP contribution in [-0.4, -0.2) is 15.3 Å². The summed E-state index contributed by atoms with van der Waals surface area (Å²) in [6.45, 7) is 0. The minimum atomic E-state index is -0.305. The van der Waals surface area contributed by atoms with E-state index in [1.807, 2.05) is 11.6 Å². The number of aromatic nitrogens is 2. The summed E-state index contributed by atoms with van der Waals surface area (Å²) >= 11 is 13.3. The number of imidazole rings is 1. The molecule has 0 fully saturated rings. The molecule has 1 aromatic carbocycles. The summed E-state index contributed by atoms with van der Waals surface area (Å²) in [6.07, 6.45) is 3.52. The van der Waals surface area contributed by atoms with Gasteiger partial charge in [0.2, 0.25) is 0 Å². The smallest absolute Gasteiger partial charge is 0.275 e. The number of rotatable bonds is 2. The predicted octanol–water partition coefficient (Wildman–Crippen LogP) is 3.95. The Balaban J connectivity index is 1.86. The first-order valence-corrected chi connectivity index (χ1v) is 6.95. The summed E-state index contributed by atoms with van der Waals surface area (Å²) in [5.41, 5.74) is 0.852. The molecule has 2 heterocycles. The highest BCUT2D eigenvalue weighted by Gasteiger charge is 2.13. The lowest BCUT2D eigenvalue weighted by Crippen LogP contribution is -2.12. The van der Waals surface area contributed by atoms with Crippen LogP contribution in [0.25, 0.3) is 4.96 Å². The van der Waals surface area contributed by atoms with Gasteiger partial charge in [-0.15, -0.1) is 11.3 Å². The molecule has 0 bridgehead atoms. The molecule has 0 aliphatic carbocycles. The Bertz CT molecular complexity index is 737. The van der Waals surface area contributed by atoms with Gasteiger partial charge in [-0.25, -0.2) is 4.98 Å². The molecule has 2 aromatic heterocycles. The number of hydrogen-bond donors (Lipinski definition) is 1. The lowest BCUT2D eigenvalue weighted by atomic mass is 10.3. The van der Waals surface area contributed by atoms with E-state index in [9.17, 15) is 4.79 Å². The van der Waals surface area contributed by atoms with E-state index in [0.29, 0.717) is 21.4 Å². The molecule has 0 radical (unpaired) electrons. The number of fused-ring (bicyclic) bond motifs is 1. The third-order valence-electron chi connectivity index (χ3n) is 2.51. The van der Waals surface area contributed by atoms with Crippen LogP contribution in [0.15, 0.2) is 36.0 Å². The summed E-state index contributed by atoms with van der Waals surface area (Å²) in [6, 6.07) is 4.89. The van der Waals surface area contributed by atoms with Gasteiger partial charge in [0.15, 0.2) is 4.96 Å². The zero-order valence-corrected chi connectivity index (χ0v) is 11.8. The van der Waals surface area contributed by atoms with Gasteiger partial charge in [0, 0.05) is 22.8 Å². The lowest BCUT2D eigenvalue weighted by molar-refractivity contribution is 0.102. The summed E-state index contributed by atoms with van der Waals surface area (Å²) in [5, 5.41) is 5.52. The highest BCUT2D eigenvalue weighted by molar-refractivity contribution is 7.15. The van der Waals surface area contributed by atoms with Crippen molar-refractivity contribution in [3.05, 3.63) is 51.7 Å². The van der Waals surface area contributed by atoms with Crippen LogP contribution >= 0.6 is 34.5 Å². The van der Waals surface area contributed by atoms with Crippen LogP contribution in [0.1, 0.15) is 10.5 Å². The van der Waals surface area contributed by atoms with E-state index in [2.05, 4.69) is 10.3 Å². The molecule has 96 valence electrons. The van der Waals surface area contributed by atoms with Crippen molar-refractivity contribution in [1.29, 1.82) is 0 Å². The molecule has 7 heteroatoms. The average Bonchev–Trinajstić information content (AvgIpc) is 2.93. The zero-order chi connectivity index (χ0) is 13.4. The van der Waals surface area contributed by atoms with E-state index in [0.717, 1.165) is 4.96 Å². The molecule has 0 aliphatic heterocycles. The first-order chi connectivity index (χ1) is 9.13. The van der Waals surface area contributed by atoms with Crippen molar-refractivity contribution >= 4 is 51.1 Å². The van der Waals surface area contributed by atoms with Gasteiger partial charge in [0.1, 0.15) is 5.69 Å². The number of nitrogens with zero attached hydrogens (tertiary/aromatic N) is 2. The molecule has 0 atom stereocenters. The highest BCUT2D eigenvalue weighted by atomic mass is 35.5. The maximum Gasteiger partial charge on any atom is 0.275 e. The van der Waals surface area contributed by atoms with Crippen LogP contribution in [0, 0.1) is 0 Å². The number of benzene rings is 1. The Hall–Kier alpha value is -1.56. The fourth-order valence-electron chi connectivity index (χ4n) is 1.61. The molecule has 3 rings (SSSR count). The Morgan fingerprint density at radius 2 is 2.21 bits per heavy atom. The van der Waals surface area contributed by atoms with Crippen LogP contribution in [0.4, 0.5) is 5.69 Å². The number of amides is 1. The summed E-state index contributed by atoms with van der Waals surface area (Å²) in [7, 11) is 0. The monoisotopic (exact) mass is 311 g/mol. The van der Waals surface area contributed by atoms with Crippen LogP contribution in [0.2, 0.25) is 10.0 Å². The van der Waals surface area contributed by atoms with E-state index >= 15 is 0 Å². The zero-order valence-electron chi connectivity index (χ0n) is 9.43. The van der Waals surface area contributed by atoms with Crippen molar-refractivity contribution in [2.45, 2.75) is 0 Å². The number of hydrogen-bond acceptors (Lipinski definition) is 3. The molecule has 19 heavy (non-hydrogen) atoms. The maximum absolute atomic E-state index is 12.0. The first-order valence-electron chi connectivity index (χ1n) is 5.32. The molecular weight excluding hydrogens is 305 g/mol. The van der Waals surface area contributed by atoms with E-state index < -0.39 is 0 Å². The minimum absolute atomic E-state index is 0.305. The number of carbonyl (C=O) groups is 1. The van der Waals surface area contributed by atoms with Crippen LogP contribution in [-0.2, 0) is 0 Å². The number of carbonyl (C=O) groups excluding carboxylic acids is 1. The molecule has 0 spiro atoms. The van der Waals surface area contributed by atoms with Gasteiger partial charge in [-0.2, -0.15) is 0 Å². The second kappa shape index (κ2) is 4.85. The predicted molar refractivity (Wildman–Crippen MR) is 77.5 cm³/mol. The van der Waals surface area contributed by atoms with Crippen molar-refractivity contribution in [3.8, 4) is 0 Å². The Morgan fingerprint density at radius 3 is 2.95 bits per heavy atom. The fraction of sp³-hybridized carbons (Fsp3) is 0. The molecule has 0 aliphatic rings. The molecule has 3 aromatic rings. The van der Waals surface area contributed by atoms with Crippen molar-refractivity contribution in [3.63, 3.8) is 0 Å². The van der Waals surface area contributed by atoms with Gasteiger partial charge in [-0.1, -0.05) is 23.2 Å². The molecule has 0 saturated heterocycles. The van der Waals surface area contributed by atoms with Gasteiger partial charge in [-0.05, 0) is 18.2 Å². The van der Waals surface area contributed by atoms with Crippen molar-refractivity contribution in [2.24, 2.45) is 0 Å². The van der Waals surface area contributed by atoms with E-state index in [4.69, 9.17) is 23.2 Å². The average molecular weight is 312 g/mol. The fourth-order valence-corrected chi connectivity index (χ4v) is 2.77. The third kappa shape index (κ3) is 2.45. The molecular formula is C12H7Cl2N3OS. The van der Waals surface area contributed by atoms with E-state index in [1.54, 1.807) is 28.8 Å². The van der Waals surface area contributed by atoms with Crippen LogP contribution in [0.5, 0.6) is 0 Å². The van der Waals surface area contributed by atoms with Gasteiger partial charge >= 0.3 is 0 Å². The molecule has 4 nitrogen and oxygen atoms in total. The normalized spacial score (nSPS) is 10.8. The third-order valence-corrected chi connectivity index (χ3v) is 3.82. The number of nitrogens with one attached hydrogen (secondary N) is 1. The molecule has 0 unspecified atom stereocenters. The highest BCUT2D eigenvalue weighted by Crippen LogP contribution is 2.25. The van der Waals surface area contributed by atoms with Crippen molar-refractivity contribution in [1.82, 2.24) is 9.38 Å². The SMILES string of the molecule is O=C(Nc1ccc(Cl)cc1Cl)c1cn2ccsc2n1. The van der Waals surface area contributed by atoms with Gasteiger partial charge in [0.05, 0.1) is 10.7 Å². The van der Waals surface area contributed by atoms with Crippen LogP contribution in [0.3, 0.4) is 0 Å². The second-order valence-electron chi connectivity index (χ2n) is 3.80. The van der Waals surface area contributed by atoms with E-state index in [-0.39, 0.29) is 5.91 Å². The number of halogens is 2. The topological polar surface area (TPSA) is 46.4 Å². The lowest BCUT2D eigenvalue weighted by Gasteiger charge is -2.05. The van der Waals surface area contributed by atoms with E-state index in [1.165, 1.54) is 11.3 Å². The molecule has 0 saturated carbocycles. The van der Waals surface area contributed by atoms with Crippen molar-refractivity contribution in [2.75, 3.05) is 5.32 Å².